The minimum Gasteiger partial charge on any atom is -0.481 e. The van der Waals surface area contributed by atoms with E-state index in [9.17, 15) is 121 Å². The van der Waals surface area contributed by atoms with Gasteiger partial charge in [-0.1, -0.05) is 71.9 Å². The van der Waals surface area contributed by atoms with Gasteiger partial charge < -0.3 is 154 Å². The number of aliphatic hydroxyl groups excluding tert-OH is 2. The Morgan fingerprint density at radius 3 is 1.36 bits per heavy atom. The van der Waals surface area contributed by atoms with Gasteiger partial charge in [0.25, 0.3) is 0 Å². The summed E-state index contributed by atoms with van der Waals surface area (Å²) >= 11 is 0. The molecule has 3 aromatic rings. The highest BCUT2D eigenvalue weighted by Crippen LogP contribution is 2.20. The molecule has 768 valence electrons. The number of nitrogens with zero attached hydrogens (tertiary/aromatic N) is 3. The predicted octanol–water partition coefficient (Wildman–Crippen LogP) is -11.6. The number of carboxylic acids is 1. The maximum atomic E-state index is 14.6. The van der Waals surface area contributed by atoms with Crippen LogP contribution in [0.4, 0.5) is 0 Å². The van der Waals surface area contributed by atoms with E-state index >= 15 is 0 Å². The zero-order valence-corrected chi connectivity index (χ0v) is 78.4. The predicted molar refractivity (Wildman–Crippen MR) is 491 cm³/mol. The molecule has 0 spiro atoms. The Kier molecular flexibility index (Phi) is 51.3. The maximum Gasteiger partial charge on any atom is 0.305 e. The number of unbranched alkanes of at least 4 members (excludes halogenated alkanes) is 1. The van der Waals surface area contributed by atoms with Gasteiger partial charge >= 0.3 is 5.97 Å². The number of aliphatic carboxylic acids is 1. The number of carbonyl (C=O) groups excluding carboxylic acids is 21. The van der Waals surface area contributed by atoms with E-state index in [1.54, 1.807) is 18.2 Å². The number of guanidine groups is 1. The molecule has 1 saturated heterocycles. The highest BCUT2D eigenvalue weighted by atomic mass is 16.4. The molecule has 1 aliphatic rings. The number of aromatic amines is 2. The number of amides is 21. The molecule has 54 nitrogen and oxygen atoms in total. The summed E-state index contributed by atoms with van der Waals surface area (Å²) in [6, 6.07) is -15.0. The Morgan fingerprint density at radius 2 is 0.863 bits per heavy atom. The van der Waals surface area contributed by atoms with E-state index in [0.717, 1.165) is 0 Å². The average molecular weight is 1960 g/mol. The van der Waals surface area contributed by atoms with Crippen LogP contribution in [-0.2, 0) is 125 Å². The summed E-state index contributed by atoms with van der Waals surface area (Å²) in [6.45, 7) is 7.37. The smallest absolute Gasteiger partial charge is 0.305 e. The van der Waals surface area contributed by atoms with Gasteiger partial charge in [0.2, 0.25) is 125 Å². The normalized spacial score (nSPS) is 14.9. The molecule has 0 radical (unpaired) electrons. The van der Waals surface area contributed by atoms with Crippen LogP contribution in [0.25, 0.3) is 0 Å². The van der Waals surface area contributed by atoms with Gasteiger partial charge in [-0.2, -0.15) is 0 Å². The molecular weight excluding hydrogens is 1830 g/mol. The number of carbonyl (C=O) groups is 22. The molecule has 1 aliphatic heterocycles. The zero-order chi connectivity index (χ0) is 104. The number of aromatic nitrogens is 4. The minimum absolute atomic E-state index is 0.00984. The van der Waals surface area contributed by atoms with Crippen LogP contribution in [0.3, 0.4) is 0 Å². The van der Waals surface area contributed by atoms with Crippen LogP contribution in [0.15, 0.2) is 55.4 Å². The first kappa shape index (κ1) is 116. The summed E-state index contributed by atoms with van der Waals surface area (Å²) in [4.78, 5) is 311. The lowest BCUT2D eigenvalue weighted by atomic mass is 10.00. The monoisotopic (exact) mass is 1960 g/mol. The fourth-order valence-electron chi connectivity index (χ4n) is 13.9. The molecule has 3 heterocycles. The van der Waals surface area contributed by atoms with E-state index in [2.05, 4.69) is 121 Å². The zero-order valence-electron chi connectivity index (χ0n) is 78.4. The van der Waals surface area contributed by atoms with Crippen LogP contribution in [-0.4, -0.2) is 327 Å². The van der Waals surface area contributed by atoms with E-state index in [1.165, 1.54) is 49.0 Å². The van der Waals surface area contributed by atoms with Gasteiger partial charge in [0.1, 0.15) is 84.6 Å². The molecule has 33 N–H and O–H groups in total. The van der Waals surface area contributed by atoms with Crippen LogP contribution < -0.4 is 124 Å². The second-order valence-electron chi connectivity index (χ2n) is 34.1. The standard InChI is InChI=1S/C85H133N29O25/c1-44(2)20-23-93-66(120)35-97-73(128)58(30-64(87)118)109-74(129)51(17-11-12-21-86)104-81(136)60(32-70(124)125)110-83(138)62(40-116)113-78(133)55(27-48-15-9-8-10-16-48)107-82(137)61(39-115)112-75(130)52(18-13-22-94-85(89)90)105-79(134)57(29-50-34-92-42-100-50)108-80(135)59(31-65(88)119)103-68(122)37-95-67(121)36-96-71(126)47(7)102-77(132)56(28-49-33-91-41-99-49)111-84(139)63-19-14-24-114(63)69(123)38-98-72(127)54(26-46(5)6)106-76(131)53(101-43-117)25-45(3)4/h8-10,15-16,33-34,41-47,51-63,115-116H,11-14,17-32,35-40,86H2,1-7H3,(H2,87,118)(H2,88,119)(H,91,99)(H,92,100)(H,93,120)(H,95,121)(H,96,126)(H,97,128)(H,98,127)(H,101,117)(H,102,132)(H,103,122)(H,104,136)(H,105,134)(H,106,131)(H,107,137)(H,108,135)(H,109,129)(H,110,138)(H,111,139)(H,112,130)(H,113,133)(H,124,125)(H4,89,90,94). The average Bonchev–Trinajstić information content (AvgIpc) is 1.75. The van der Waals surface area contributed by atoms with Crippen molar-refractivity contribution in [3.8, 4) is 0 Å². The van der Waals surface area contributed by atoms with Crippen molar-refractivity contribution in [3.05, 3.63) is 72.3 Å². The fraction of sp³-hybridized carbons (Fsp3) is 0.588. The maximum absolute atomic E-state index is 14.6. The lowest BCUT2D eigenvalue weighted by molar-refractivity contribution is -0.142. The third-order valence-electron chi connectivity index (χ3n) is 21.1. The van der Waals surface area contributed by atoms with Gasteiger partial charge in [0, 0.05) is 62.7 Å². The largest absolute Gasteiger partial charge is 0.481 e. The SMILES string of the molecule is CC(C)CCNC(=O)CNC(=O)C(CC(N)=O)NC(=O)C(CCCCN)NC(=O)C(CC(=O)O)NC(=O)C(CO)NC(=O)C(Cc1ccccc1)NC(=O)C(CO)NC(=O)C(CCCNC(=N)N)NC(=O)C(Cc1cnc[nH]1)NC(=O)C(CC(N)=O)NC(=O)CNC(=O)CNC(=O)C(C)NC(=O)C(Cc1cnc[nH]1)NC(=O)C1CCCN1C(=O)CNC(=O)C(CC(C)C)NC(=O)C(CC(C)C)NC=O. The number of H-pyrrole nitrogens is 2. The van der Waals surface area contributed by atoms with E-state index in [-0.39, 0.29) is 107 Å². The first-order chi connectivity index (χ1) is 65.8. The Morgan fingerprint density at radius 1 is 0.439 bits per heavy atom. The summed E-state index contributed by atoms with van der Waals surface area (Å²) in [5.41, 5.74) is 22.9. The van der Waals surface area contributed by atoms with Gasteiger partial charge in [0.15, 0.2) is 5.96 Å². The summed E-state index contributed by atoms with van der Waals surface area (Å²) in [5, 5.41) is 84.2. The Bertz CT molecular complexity index is 4660. The van der Waals surface area contributed by atoms with Gasteiger partial charge in [-0.3, -0.25) is 111 Å². The molecular formula is C85H133N29O25. The number of primary amides is 2. The van der Waals surface area contributed by atoms with Crippen molar-refractivity contribution in [3.63, 3.8) is 0 Å². The molecule has 139 heavy (non-hydrogen) atoms. The van der Waals surface area contributed by atoms with Crippen molar-refractivity contribution in [2.24, 2.45) is 40.7 Å². The molecule has 2 aromatic heterocycles. The number of aliphatic hydroxyl groups is 2. The number of nitrogens with two attached hydrogens (primary N) is 4. The van der Waals surface area contributed by atoms with Gasteiger partial charge in [-0.15, -0.1) is 0 Å². The minimum atomic E-state index is -2.09. The topological polar surface area (TPSA) is 853 Å². The quantitative estimate of drug-likeness (QED) is 0.0108. The second kappa shape index (κ2) is 61.3. The van der Waals surface area contributed by atoms with Gasteiger partial charge in [-0.25, -0.2) is 9.97 Å². The molecule has 1 fully saturated rings. The molecule has 4 rings (SSSR count). The molecule has 0 aliphatic carbocycles. The molecule has 0 bridgehead atoms. The number of rotatable bonds is 65. The molecule has 1 aromatic carbocycles. The molecule has 54 heteroatoms. The number of likely N-dealkylation sites (tertiary alicyclic amines) is 1. The van der Waals surface area contributed by atoms with Crippen molar-refractivity contribution in [2.45, 2.75) is 236 Å². The van der Waals surface area contributed by atoms with Gasteiger partial charge in [0.05, 0.1) is 71.3 Å². The summed E-state index contributed by atoms with van der Waals surface area (Å²) in [6.07, 6.45) is 2.77. The number of nitrogens with one attached hydrogen (secondary N) is 22. The fourth-order valence-corrected chi connectivity index (χ4v) is 13.9. The number of imidazole rings is 2. The van der Waals surface area contributed by atoms with Crippen molar-refractivity contribution in [2.75, 3.05) is 65.6 Å². The number of benzene rings is 1. The van der Waals surface area contributed by atoms with Crippen molar-refractivity contribution in [1.29, 1.82) is 5.41 Å². The van der Waals surface area contributed by atoms with E-state index in [1.807, 2.05) is 41.5 Å². The summed E-state index contributed by atoms with van der Waals surface area (Å²) in [5.74, 6) is -22.7. The van der Waals surface area contributed by atoms with Crippen LogP contribution in [0.2, 0.25) is 0 Å². The van der Waals surface area contributed by atoms with E-state index in [0.29, 0.717) is 30.5 Å². The third-order valence-corrected chi connectivity index (χ3v) is 21.1. The molecule has 14 unspecified atom stereocenters. The highest BCUT2D eigenvalue weighted by Gasteiger charge is 2.41. The van der Waals surface area contributed by atoms with Crippen LogP contribution in [0, 0.1) is 23.2 Å². The lowest BCUT2D eigenvalue weighted by Crippen LogP contribution is -2.62. The Hall–Kier alpha value is -14.9. The highest BCUT2D eigenvalue weighted by molar-refractivity contribution is 6.02. The van der Waals surface area contributed by atoms with Crippen LogP contribution >= 0.6 is 0 Å². The van der Waals surface area contributed by atoms with Crippen molar-refractivity contribution in [1.82, 2.24) is 126 Å². The van der Waals surface area contributed by atoms with E-state index < -0.39 is 286 Å². The van der Waals surface area contributed by atoms with Crippen molar-refractivity contribution < 1.29 is 121 Å². The lowest BCUT2D eigenvalue weighted by Gasteiger charge is -2.27. The summed E-state index contributed by atoms with van der Waals surface area (Å²) < 4.78 is 0. The Labute approximate surface area is 799 Å². The second-order valence-corrected chi connectivity index (χ2v) is 34.1. The molecule has 21 amide bonds. The van der Waals surface area contributed by atoms with E-state index in [4.69, 9.17) is 28.3 Å². The number of carboxylic acid groups (broad SMARTS) is 1. The number of hydrogen-bond donors (Lipinski definition) is 29. The Balaban J connectivity index is 1.46. The van der Waals surface area contributed by atoms with Crippen LogP contribution in [0.1, 0.15) is 149 Å². The van der Waals surface area contributed by atoms with Crippen molar-refractivity contribution >= 4 is 136 Å². The third kappa shape index (κ3) is 44.2. The first-order valence-corrected chi connectivity index (χ1v) is 45.1. The number of hydrogen-bond acceptors (Lipinski definition) is 28. The molecule has 0 saturated carbocycles. The van der Waals surface area contributed by atoms with Crippen LogP contribution in [0.5, 0.6) is 0 Å². The first-order valence-electron chi connectivity index (χ1n) is 45.1. The summed E-state index contributed by atoms with van der Waals surface area (Å²) in [7, 11) is 0. The van der Waals surface area contributed by atoms with Gasteiger partial charge in [-0.05, 0) is 101 Å². The molecule has 14 atom stereocenters.